The summed E-state index contributed by atoms with van der Waals surface area (Å²) in [6.45, 7) is 8.08. The summed E-state index contributed by atoms with van der Waals surface area (Å²) in [6, 6.07) is 8.08. The van der Waals surface area contributed by atoms with E-state index in [0.29, 0.717) is 11.4 Å². The third kappa shape index (κ3) is 4.20. The second-order valence-electron chi connectivity index (χ2n) is 6.97. The summed E-state index contributed by atoms with van der Waals surface area (Å²) in [5.74, 6) is 7.71. The van der Waals surface area contributed by atoms with Crippen LogP contribution >= 0.6 is 11.8 Å². The molecule has 4 heteroatoms. The van der Waals surface area contributed by atoms with Crippen LogP contribution in [0.1, 0.15) is 62.4 Å². The highest BCUT2D eigenvalue weighted by Crippen LogP contribution is 2.46. The summed E-state index contributed by atoms with van der Waals surface area (Å²) >= 11 is 1.96. The van der Waals surface area contributed by atoms with Crippen LogP contribution in [0.4, 0.5) is 0 Å². The highest BCUT2D eigenvalue weighted by atomic mass is 32.2. The number of benzene rings is 1. The van der Waals surface area contributed by atoms with E-state index in [-0.39, 0.29) is 11.4 Å². The van der Waals surface area contributed by atoms with Gasteiger partial charge in [0.2, 0.25) is 0 Å². The van der Waals surface area contributed by atoms with E-state index in [9.17, 15) is 4.79 Å². The first kappa shape index (κ1) is 19.5. The van der Waals surface area contributed by atoms with Crippen LogP contribution in [0.3, 0.4) is 0 Å². The van der Waals surface area contributed by atoms with Crippen molar-refractivity contribution in [3.8, 4) is 17.6 Å². The van der Waals surface area contributed by atoms with Gasteiger partial charge < -0.3 is 4.74 Å². The molecular formula is C23H25NO2S. The minimum Gasteiger partial charge on any atom is -0.425 e. The lowest BCUT2D eigenvalue weighted by Crippen LogP contribution is -2.29. The van der Waals surface area contributed by atoms with E-state index < -0.39 is 0 Å². The van der Waals surface area contributed by atoms with Crippen LogP contribution < -0.4 is 4.74 Å². The number of hydrogen-bond acceptors (Lipinski definition) is 4. The van der Waals surface area contributed by atoms with Crippen LogP contribution in [0, 0.1) is 18.8 Å². The third-order valence-electron chi connectivity index (χ3n) is 5.41. The Labute approximate surface area is 165 Å². The second-order valence-corrected chi connectivity index (χ2v) is 8.11. The van der Waals surface area contributed by atoms with Gasteiger partial charge in [0.1, 0.15) is 11.4 Å². The number of ether oxygens (including phenoxy) is 1. The molecule has 3 nitrogen and oxygen atoms in total. The van der Waals surface area contributed by atoms with Crippen LogP contribution in [0.2, 0.25) is 0 Å². The lowest BCUT2D eigenvalue weighted by molar-refractivity contribution is -0.131. The quantitative estimate of drug-likeness (QED) is 0.538. The fourth-order valence-electron chi connectivity index (χ4n) is 3.64. The SMILES string of the molecule is CCC1(CC)CCSc2cc(C)c(C#Cc3ccc(OC(C)=O)cn3)cc21. The third-order valence-corrected chi connectivity index (χ3v) is 6.47. The van der Waals surface area contributed by atoms with Crippen molar-refractivity contribution in [2.75, 3.05) is 5.75 Å². The van der Waals surface area contributed by atoms with Crippen molar-refractivity contribution < 1.29 is 9.53 Å². The van der Waals surface area contributed by atoms with Crippen LogP contribution in [0.5, 0.6) is 5.75 Å². The smallest absolute Gasteiger partial charge is 0.308 e. The first-order valence-electron chi connectivity index (χ1n) is 9.42. The number of rotatable bonds is 3. The van der Waals surface area contributed by atoms with Crippen molar-refractivity contribution in [1.29, 1.82) is 0 Å². The molecule has 0 bridgehead atoms. The zero-order chi connectivity index (χ0) is 19.4. The summed E-state index contributed by atoms with van der Waals surface area (Å²) in [5, 5.41) is 0. The van der Waals surface area contributed by atoms with Gasteiger partial charge in [-0.25, -0.2) is 4.98 Å². The van der Waals surface area contributed by atoms with Crippen LogP contribution in [0.15, 0.2) is 35.4 Å². The summed E-state index contributed by atoms with van der Waals surface area (Å²) in [5.41, 5.74) is 4.65. The van der Waals surface area contributed by atoms with Crippen LogP contribution in [-0.2, 0) is 10.2 Å². The molecule has 2 heterocycles. The molecule has 0 saturated heterocycles. The molecule has 0 spiro atoms. The summed E-state index contributed by atoms with van der Waals surface area (Å²) in [4.78, 5) is 16.7. The maximum Gasteiger partial charge on any atom is 0.308 e. The van der Waals surface area contributed by atoms with Crippen molar-refractivity contribution >= 4 is 17.7 Å². The number of carbonyl (C=O) groups is 1. The van der Waals surface area contributed by atoms with E-state index in [2.05, 4.69) is 49.7 Å². The molecule has 1 aromatic heterocycles. The minimum atomic E-state index is -0.353. The van der Waals surface area contributed by atoms with Crippen LogP contribution in [0.25, 0.3) is 0 Å². The van der Waals surface area contributed by atoms with E-state index in [1.807, 2.05) is 11.8 Å². The van der Waals surface area contributed by atoms with Crippen molar-refractivity contribution in [2.45, 2.75) is 57.3 Å². The van der Waals surface area contributed by atoms with Gasteiger partial charge in [0.05, 0.1) is 6.20 Å². The van der Waals surface area contributed by atoms with Gasteiger partial charge in [0, 0.05) is 17.4 Å². The van der Waals surface area contributed by atoms with E-state index in [4.69, 9.17) is 4.74 Å². The average Bonchev–Trinajstić information content (AvgIpc) is 2.66. The Morgan fingerprint density at radius 2 is 2.04 bits per heavy atom. The predicted octanol–water partition coefficient (Wildman–Crippen LogP) is 5.27. The van der Waals surface area contributed by atoms with E-state index in [0.717, 1.165) is 18.4 Å². The summed E-state index contributed by atoms with van der Waals surface area (Å²) in [6.07, 6.45) is 5.08. The molecule has 1 aliphatic heterocycles. The van der Waals surface area contributed by atoms with Crippen LogP contribution in [-0.4, -0.2) is 16.7 Å². The standard InChI is InChI=1S/C23H25NO2S/c1-5-23(6-2)11-12-27-22-13-16(3)18(14-21(22)23)7-8-19-9-10-20(15-24-19)26-17(4)25/h9-10,13-15H,5-6,11-12H2,1-4H3. The monoisotopic (exact) mass is 379 g/mol. The number of fused-ring (bicyclic) bond motifs is 1. The van der Waals surface area contributed by atoms with Gasteiger partial charge in [-0.2, -0.15) is 0 Å². The molecule has 0 unspecified atom stereocenters. The highest BCUT2D eigenvalue weighted by Gasteiger charge is 2.34. The Kier molecular flexibility index (Phi) is 5.92. The molecule has 0 atom stereocenters. The van der Waals surface area contributed by atoms with Crippen molar-refractivity contribution in [1.82, 2.24) is 4.98 Å². The Morgan fingerprint density at radius 1 is 1.26 bits per heavy atom. The average molecular weight is 380 g/mol. The van der Waals surface area contributed by atoms with E-state index in [1.165, 1.54) is 41.3 Å². The van der Waals surface area contributed by atoms with Gasteiger partial charge >= 0.3 is 5.97 Å². The topological polar surface area (TPSA) is 39.2 Å². The number of aromatic nitrogens is 1. The van der Waals surface area contributed by atoms with Gasteiger partial charge in [0.15, 0.2) is 0 Å². The Balaban J connectivity index is 1.93. The zero-order valence-electron chi connectivity index (χ0n) is 16.4. The molecule has 0 saturated carbocycles. The number of esters is 1. The number of thioether (sulfide) groups is 1. The first-order valence-corrected chi connectivity index (χ1v) is 10.4. The fraction of sp³-hybridized carbons (Fsp3) is 0.391. The Bertz CT molecular complexity index is 902. The molecule has 0 N–H and O–H groups in total. The van der Waals surface area contributed by atoms with E-state index in [1.54, 1.807) is 12.1 Å². The van der Waals surface area contributed by atoms with Gasteiger partial charge in [-0.1, -0.05) is 19.8 Å². The van der Waals surface area contributed by atoms with Gasteiger partial charge in [0.25, 0.3) is 0 Å². The number of carbonyl (C=O) groups excluding carboxylic acids is 1. The molecule has 1 aliphatic rings. The highest BCUT2D eigenvalue weighted by molar-refractivity contribution is 7.99. The number of hydrogen-bond donors (Lipinski definition) is 0. The van der Waals surface area contributed by atoms with Crippen molar-refractivity contribution in [3.05, 3.63) is 52.8 Å². The lowest BCUT2D eigenvalue weighted by atomic mass is 9.73. The molecule has 0 aliphatic carbocycles. The first-order chi connectivity index (χ1) is 13.0. The Hall–Kier alpha value is -2.25. The predicted molar refractivity (Wildman–Crippen MR) is 110 cm³/mol. The maximum atomic E-state index is 11.0. The Morgan fingerprint density at radius 3 is 2.67 bits per heavy atom. The van der Waals surface area contributed by atoms with Gasteiger partial charge in [-0.05, 0) is 78.7 Å². The molecular weight excluding hydrogens is 354 g/mol. The van der Waals surface area contributed by atoms with Gasteiger partial charge in [-0.15, -0.1) is 11.8 Å². The van der Waals surface area contributed by atoms with E-state index >= 15 is 0 Å². The second kappa shape index (κ2) is 8.19. The van der Waals surface area contributed by atoms with Gasteiger partial charge in [-0.3, -0.25) is 4.79 Å². The zero-order valence-corrected chi connectivity index (χ0v) is 17.2. The normalized spacial score (nSPS) is 14.7. The number of pyridine rings is 1. The largest absolute Gasteiger partial charge is 0.425 e. The molecule has 0 amide bonds. The number of aryl methyl sites for hydroxylation is 1. The molecule has 1 aromatic carbocycles. The molecule has 140 valence electrons. The summed E-state index contributed by atoms with van der Waals surface area (Å²) < 4.78 is 5.01. The fourth-order valence-corrected chi connectivity index (χ4v) is 5.04. The molecule has 27 heavy (non-hydrogen) atoms. The molecule has 0 radical (unpaired) electrons. The maximum absolute atomic E-state index is 11.0. The molecule has 3 rings (SSSR count). The van der Waals surface area contributed by atoms with Crippen molar-refractivity contribution in [3.63, 3.8) is 0 Å². The van der Waals surface area contributed by atoms with Crippen molar-refractivity contribution in [2.24, 2.45) is 0 Å². The minimum absolute atomic E-state index is 0.272. The lowest BCUT2D eigenvalue weighted by Gasteiger charge is -2.38. The molecule has 0 fully saturated rings. The molecule has 2 aromatic rings. The number of nitrogens with zero attached hydrogens (tertiary/aromatic N) is 1. The summed E-state index contributed by atoms with van der Waals surface area (Å²) in [7, 11) is 0.